The van der Waals surface area contributed by atoms with Gasteiger partial charge in [-0.2, -0.15) is 12.6 Å². The molecule has 2 unspecified atom stereocenters. The summed E-state index contributed by atoms with van der Waals surface area (Å²) in [6.45, 7) is 4.16. The minimum Gasteiger partial charge on any atom is -0.391 e. The molecule has 2 heterocycles. The highest BCUT2D eigenvalue weighted by Gasteiger charge is 2.23. The Balaban J connectivity index is 1.24. The molecule has 1 amide bonds. The number of amides is 1. The Hall–Kier alpha value is -2.06. The summed E-state index contributed by atoms with van der Waals surface area (Å²) in [5, 5.41) is 16.7. The van der Waals surface area contributed by atoms with Crippen molar-refractivity contribution in [1.29, 1.82) is 0 Å². The quantitative estimate of drug-likeness (QED) is 0.461. The Morgan fingerprint density at radius 2 is 1.94 bits per heavy atom. The summed E-state index contributed by atoms with van der Waals surface area (Å²) < 4.78 is 5.40. The van der Waals surface area contributed by atoms with Crippen LogP contribution in [0.1, 0.15) is 34.3 Å². The fraction of sp³-hybridized carbons (Fsp3) is 0.480. The van der Waals surface area contributed by atoms with Crippen LogP contribution < -0.4 is 10.6 Å². The first-order valence-corrected chi connectivity index (χ1v) is 12.0. The number of hydrogen-bond acceptors (Lipinski definition) is 6. The van der Waals surface area contributed by atoms with Crippen LogP contribution in [0.25, 0.3) is 0 Å². The summed E-state index contributed by atoms with van der Waals surface area (Å²) in [6, 6.07) is 16.4. The zero-order chi connectivity index (χ0) is 22.3. The molecule has 0 aromatic heterocycles. The van der Waals surface area contributed by atoms with Crippen LogP contribution in [0, 0.1) is 0 Å². The Labute approximate surface area is 195 Å². The maximum absolute atomic E-state index is 12.7. The minimum atomic E-state index is -0.620. The smallest absolute Gasteiger partial charge is 0.251 e. The van der Waals surface area contributed by atoms with Gasteiger partial charge in [0, 0.05) is 61.9 Å². The highest BCUT2D eigenvalue weighted by Crippen LogP contribution is 2.20. The number of thiol groups is 1. The molecule has 0 radical (unpaired) electrons. The summed E-state index contributed by atoms with van der Waals surface area (Å²) in [6.07, 6.45) is 2.32. The van der Waals surface area contributed by atoms with Crippen LogP contribution in [-0.2, 0) is 17.7 Å². The van der Waals surface area contributed by atoms with E-state index in [1.165, 1.54) is 11.1 Å². The van der Waals surface area contributed by atoms with Gasteiger partial charge in [-0.25, -0.2) is 0 Å². The van der Waals surface area contributed by atoms with Crippen molar-refractivity contribution in [2.24, 2.45) is 0 Å². The van der Waals surface area contributed by atoms with Crippen molar-refractivity contribution in [2.45, 2.75) is 43.2 Å². The zero-order valence-corrected chi connectivity index (χ0v) is 19.3. The number of carbonyl (C=O) groups is 1. The number of ether oxygens (including phenoxy) is 1. The first-order valence-electron chi connectivity index (χ1n) is 11.5. The molecule has 2 atom stereocenters. The largest absolute Gasteiger partial charge is 0.391 e. The molecule has 0 saturated carbocycles. The van der Waals surface area contributed by atoms with E-state index in [2.05, 4.69) is 52.4 Å². The number of hydrogen-bond donors (Lipinski definition) is 4. The van der Waals surface area contributed by atoms with Crippen LogP contribution in [0.2, 0.25) is 0 Å². The Bertz CT molecular complexity index is 904. The van der Waals surface area contributed by atoms with Crippen molar-refractivity contribution in [3.8, 4) is 0 Å². The Kier molecular flexibility index (Phi) is 8.08. The topological polar surface area (TPSA) is 73.8 Å². The third-order valence-electron chi connectivity index (χ3n) is 6.29. The summed E-state index contributed by atoms with van der Waals surface area (Å²) in [5.41, 5.74) is 4.26. The second kappa shape index (κ2) is 11.2. The standard InChI is InChI=1S/C25H33N3O3S/c29-23(17-28-11-8-18-4-1-2-5-20(18)16-28)24(32)15-26-25(30)19-6-3-7-22(14-19)27-21-9-12-31-13-10-21/h1-7,14,21,23-24,27,29,32H,8-13,15-17H2,(H,26,30). The molecule has 0 aliphatic carbocycles. The third-order valence-corrected chi connectivity index (χ3v) is 6.81. The summed E-state index contributed by atoms with van der Waals surface area (Å²) in [5.74, 6) is -0.154. The maximum atomic E-state index is 12.7. The Morgan fingerprint density at radius 3 is 2.75 bits per heavy atom. The van der Waals surface area contributed by atoms with Gasteiger partial charge in [0.25, 0.3) is 5.91 Å². The monoisotopic (exact) mass is 455 g/mol. The summed E-state index contributed by atoms with van der Waals surface area (Å²) in [7, 11) is 0. The van der Waals surface area contributed by atoms with E-state index in [0.29, 0.717) is 24.7 Å². The lowest BCUT2D eigenvalue weighted by Gasteiger charge is -2.31. The number of aliphatic hydroxyl groups is 1. The van der Waals surface area contributed by atoms with E-state index in [1.54, 1.807) is 6.07 Å². The SMILES string of the molecule is O=C(NCC(S)C(O)CN1CCc2ccccc2C1)c1cccc(NC2CCOCC2)c1. The number of nitrogens with zero attached hydrogens (tertiary/aromatic N) is 1. The molecule has 1 fully saturated rings. The van der Waals surface area contributed by atoms with Crippen molar-refractivity contribution >= 4 is 24.2 Å². The van der Waals surface area contributed by atoms with E-state index in [1.807, 2.05) is 18.2 Å². The lowest BCUT2D eigenvalue weighted by atomic mass is 9.99. The second-order valence-corrected chi connectivity index (χ2v) is 9.37. The molecular weight excluding hydrogens is 422 g/mol. The molecule has 0 spiro atoms. The van der Waals surface area contributed by atoms with Gasteiger partial charge in [0.2, 0.25) is 0 Å². The zero-order valence-electron chi connectivity index (χ0n) is 18.4. The van der Waals surface area contributed by atoms with Gasteiger partial charge >= 0.3 is 0 Å². The predicted molar refractivity (Wildman–Crippen MR) is 130 cm³/mol. The molecule has 32 heavy (non-hydrogen) atoms. The molecule has 3 N–H and O–H groups in total. The molecule has 172 valence electrons. The highest BCUT2D eigenvalue weighted by atomic mass is 32.1. The van der Waals surface area contributed by atoms with Crippen molar-refractivity contribution < 1.29 is 14.6 Å². The van der Waals surface area contributed by atoms with E-state index < -0.39 is 6.10 Å². The van der Waals surface area contributed by atoms with Crippen molar-refractivity contribution in [1.82, 2.24) is 10.2 Å². The number of carbonyl (C=O) groups excluding carboxylic acids is 1. The van der Waals surface area contributed by atoms with Gasteiger partial charge in [-0.3, -0.25) is 9.69 Å². The molecule has 0 bridgehead atoms. The molecule has 6 nitrogen and oxygen atoms in total. The van der Waals surface area contributed by atoms with Gasteiger partial charge in [-0.15, -0.1) is 0 Å². The lowest BCUT2D eigenvalue weighted by molar-refractivity contribution is 0.0901. The van der Waals surface area contributed by atoms with Crippen LogP contribution in [-0.4, -0.2) is 66.2 Å². The van der Waals surface area contributed by atoms with Crippen molar-refractivity contribution in [3.63, 3.8) is 0 Å². The minimum absolute atomic E-state index is 0.154. The molecule has 2 aromatic rings. The first kappa shape index (κ1) is 23.1. The van der Waals surface area contributed by atoms with Crippen LogP contribution in [0.3, 0.4) is 0 Å². The summed E-state index contributed by atoms with van der Waals surface area (Å²) in [4.78, 5) is 14.9. The number of nitrogens with one attached hydrogen (secondary N) is 2. The van der Waals surface area contributed by atoms with E-state index in [4.69, 9.17) is 4.74 Å². The average molecular weight is 456 g/mol. The lowest BCUT2D eigenvalue weighted by Crippen LogP contribution is -2.43. The molecular formula is C25H33N3O3S. The van der Waals surface area contributed by atoms with E-state index in [9.17, 15) is 9.90 Å². The molecule has 7 heteroatoms. The average Bonchev–Trinajstić information content (AvgIpc) is 2.83. The van der Waals surface area contributed by atoms with E-state index in [-0.39, 0.29) is 11.2 Å². The Morgan fingerprint density at radius 1 is 1.16 bits per heavy atom. The van der Waals surface area contributed by atoms with Gasteiger partial charge < -0.3 is 20.5 Å². The molecule has 2 aromatic carbocycles. The van der Waals surface area contributed by atoms with Gasteiger partial charge in [-0.1, -0.05) is 30.3 Å². The molecule has 1 saturated heterocycles. The van der Waals surface area contributed by atoms with Gasteiger partial charge in [0.05, 0.1) is 6.10 Å². The number of fused-ring (bicyclic) bond motifs is 1. The molecule has 2 aliphatic rings. The second-order valence-electron chi connectivity index (χ2n) is 8.71. The van der Waals surface area contributed by atoms with Gasteiger partial charge in [0.1, 0.15) is 0 Å². The number of benzene rings is 2. The normalized spacial score (nSPS) is 19.1. The van der Waals surface area contributed by atoms with Crippen molar-refractivity contribution in [3.05, 3.63) is 65.2 Å². The molecule has 4 rings (SSSR count). The number of aliphatic hydroxyl groups excluding tert-OH is 1. The van der Waals surface area contributed by atoms with Gasteiger partial charge in [-0.05, 0) is 48.6 Å². The fourth-order valence-corrected chi connectivity index (χ4v) is 4.54. The fourth-order valence-electron chi connectivity index (χ4n) is 4.36. The van der Waals surface area contributed by atoms with Gasteiger partial charge in [0.15, 0.2) is 0 Å². The summed E-state index contributed by atoms with van der Waals surface area (Å²) >= 11 is 4.56. The third kappa shape index (κ3) is 6.25. The van der Waals surface area contributed by atoms with Crippen LogP contribution >= 0.6 is 12.6 Å². The predicted octanol–water partition coefficient (Wildman–Crippen LogP) is 2.72. The van der Waals surface area contributed by atoms with E-state index in [0.717, 1.165) is 51.3 Å². The van der Waals surface area contributed by atoms with E-state index >= 15 is 0 Å². The number of rotatable bonds is 8. The molecule has 2 aliphatic heterocycles. The number of β-amino-alcohol motifs (C(OH)–C–C–N with tert-alkyl or cyclic N) is 1. The van der Waals surface area contributed by atoms with Crippen molar-refractivity contribution in [2.75, 3.05) is 38.2 Å². The highest BCUT2D eigenvalue weighted by molar-refractivity contribution is 7.81. The first-order chi connectivity index (χ1) is 15.6. The number of anilines is 1. The maximum Gasteiger partial charge on any atom is 0.251 e. The van der Waals surface area contributed by atoms with Crippen LogP contribution in [0.5, 0.6) is 0 Å². The van der Waals surface area contributed by atoms with Crippen LogP contribution in [0.4, 0.5) is 5.69 Å². The van der Waals surface area contributed by atoms with Crippen LogP contribution in [0.15, 0.2) is 48.5 Å².